The molecule has 0 saturated heterocycles. The van der Waals surface area contributed by atoms with E-state index in [1.54, 1.807) is 7.11 Å². The summed E-state index contributed by atoms with van der Waals surface area (Å²) in [6, 6.07) is 11.8. The molecule has 3 aromatic rings. The number of benzene rings is 1. The maximum atomic E-state index is 5.84. The molecule has 0 fully saturated rings. The van der Waals surface area contributed by atoms with Gasteiger partial charge in [0.1, 0.15) is 11.6 Å². The summed E-state index contributed by atoms with van der Waals surface area (Å²) in [6.07, 6.45) is 2.01. The SMILES string of the molecule is COc1cc(-c2nc(C)c3ccccn23)ccc1N. The average Bonchev–Trinajstić information content (AvgIpc) is 2.77. The Morgan fingerprint density at radius 2 is 2.05 bits per heavy atom. The van der Waals surface area contributed by atoms with E-state index in [0.717, 1.165) is 22.6 Å². The predicted molar refractivity (Wildman–Crippen MR) is 76.3 cm³/mol. The minimum Gasteiger partial charge on any atom is -0.495 e. The van der Waals surface area contributed by atoms with E-state index in [-0.39, 0.29) is 0 Å². The Morgan fingerprint density at radius 3 is 2.84 bits per heavy atom. The van der Waals surface area contributed by atoms with E-state index in [1.165, 1.54) is 0 Å². The van der Waals surface area contributed by atoms with Crippen LogP contribution in [-0.4, -0.2) is 16.5 Å². The predicted octanol–water partition coefficient (Wildman–Crippen LogP) is 2.90. The van der Waals surface area contributed by atoms with Crippen LogP contribution in [0.5, 0.6) is 5.75 Å². The van der Waals surface area contributed by atoms with Gasteiger partial charge < -0.3 is 10.5 Å². The molecule has 0 radical (unpaired) electrons. The summed E-state index contributed by atoms with van der Waals surface area (Å²) in [7, 11) is 1.62. The first-order valence-electron chi connectivity index (χ1n) is 6.08. The van der Waals surface area contributed by atoms with Crippen molar-refractivity contribution in [2.45, 2.75) is 6.92 Å². The Bertz CT molecular complexity index is 746. The van der Waals surface area contributed by atoms with Crippen molar-refractivity contribution in [3.8, 4) is 17.1 Å². The summed E-state index contributed by atoms with van der Waals surface area (Å²) in [6.45, 7) is 2.01. The third-order valence-corrected chi connectivity index (χ3v) is 3.22. The molecular weight excluding hydrogens is 238 g/mol. The Morgan fingerprint density at radius 1 is 1.21 bits per heavy atom. The van der Waals surface area contributed by atoms with Crippen LogP contribution >= 0.6 is 0 Å². The van der Waals surface area contributed by atoms with Crippen LogP contribution in [0, 0.1) is 6.92 Å². The van der Waals surface area contributed by atoms with Gasteiger partial charge in [0, 0.05) is 11.8 Å². The summed E-state index contributed by atoms with van der Waals surface area (Å²) in [5.74, 6) is 1.56. The molecule has 19 heavy (non-hydrogen) atoms. The number of nitrogens with zero attached hydrogens (tertiary/aromatic N) is 2. The smallest absolute Gasteiger partial charge is 0.144 e. The lowest BCUT2D eigenvalue weighted by molar-refractivity contribution is 0.417. The number of aryl methyl sites for hydroxylation is 1. The van der Waals surface area contributed by atoms with Crippen molar-refractivity contribution >= 4 is 11.2 Å². The number of hydrogen-bond acceptors (Lipinski definition) is 3. The van der Waals surface area contributed by atoms with Crippen LogP contribution < -0.4 is 10.5 Å². The number of nitrogens with two attached hydrogens (primary N) is 1. The molecular formula is C15H15N3O. The number of anilines is 1. The maximum Gasteiger partial charge on any atom is 0.144 e. The molecule has 4 heteroatoms. The minimum atomic E-state index is 0.629. The number of hydrogen-bond donors (Lipinski definition) is 1. The second-order valence-electron chi connectivity index (χ2n) is 4.43. The first-order valence-corrected chi connectivity index (χ1v) is 6.08. The van der Waals surface area contributed by atoms with Crippen molar-refractivity contribution in [2.75, 3.05) is 12.8 Å². The molecule has 3 rings (SSSR count). The molecule has 0 unspecified atom stereocenters. The first kappa shape index (κ1) is 11.6. The van der Waals surface area contributed by atoms with Gasteiger partial charge in [-0.15, -0.1) is 0 Å². The maximum absolute atomic E-state index is 5.84. The number of ether oxygens (including phenoxy) is 1. The normalized spacial score (nSPS) is 10.8. The van der Waals surface area contributed by atoms with Gasteiger partial charge in [0.25, 0.3) is 0 Å². The van der Waals surface area contributed by atoms with E-state index in [2.05, 4.69) is 15.5 Å². The van der Waals surface area contributed by atoms with E-state index < -0.39 is 0 Å². The topological polar surface area (TPSA) is 52.5 Å². The summed E-state index contributed by atoms with van der Waals surface area (Å²) in [5.41, 5.74) is 9.57. The molecule has 2 N–H and O–H groups in total. The molecule has 0 bridgehead atoms. The lowest BCUT2D eigenvalue weighted by Crippen LogP contribution is -1.94. The number of aromatic nitrogens is 2. The largest absolute Gasteiger partial charge is 0.495 e. The van der Waals surface area contributed by atoms with Gasteiger partial charge in [0.05, 0.1) is 24.0 Å². The number of methoxy groups -OCH3 is 1. The van der Waals surface area contributed by atoms with Gasteiger partial charge >= 0.3 is 0 Å². The van der Waals surface area contributed by atoms with Crippen LogP contribution in [0.1, 0.15) is 5.69 Å². The first-order chi connectivity index (χ1) is 9.20. The highest BCUT2D eigenvalue weighted by Crippen LogP contribution is 2.29. The van der Waals surface area contributed by atoms with Gasteiger partial charge in [-0.2, -0.15) is 0 Å². The van der Waals surface area contributed by atoms with Gasteiger partial charge in [-0.25, -0.2) is 4.98 Å². The second-order valence-corrected chi connectivity index (χ2v) is 4.43. The monoisotopic (exact) mass is 253 g/mol. The Balaban J connectivity index is 2.24. The van der Waals surface area contributed by atoms with Crippen LogP contribution in [0.3, 0.4) is 0 Å². The molecule has 2 aromatic heterocycles. The fourth-order valence-electron chi connectivity index (χ4n) is 2.25. The average molecular weight is 253 g/mol. The van der Waals surface area contributed by atoms with Gasteiger partial charge in [-0.3, -0.25) is 4.40 Å². The van der Waals surface area contributed by atoms with E-state index in [0.29, 0.717) is 11.4 Å². The van der Waals surface area contributed by atoms with Gasteiger partial charge in [0.15, 0.2) is 0 Å². The zero-order chi connectivity index (χ0) is 13.4. The summed E-state index contributed by atoms with van der Waals surface area (Å²) in [5, 5.41) is 0. The molecule has 0 aliphatic carbocycles. The fourth-order valence-corrected chi connectivity index (χ4v) is 2.25. The molecule has 0 aliphatic rings. The van der Waals surface area contributed by atoms with E-state index in [9.17, 15) is 0 Å². The van der Waals surface area contributed by atoms with Crippen molar-refractivity contribution in [3.05, 3.63) is 48.3 Å². The van der Waals surface area contributed by atoms with Crippen molar-refractivity contribution < 1.29 is 4.74 Å². The number of pyridine rings is 1. The summed E-state index contributed by atoms with van der Waals surface area (Å²) >= 11 is 0. The lowest BCUT2D eigenvalue weighted by atomic mass is 10.2. The van der Waals surface area contributed by atoms with Gasteiger partial charge in [-0.1, -0.05) is 6.07 Å². The van der Waals surface area contributed by atoms with E-state index in [4.69, 9.17) is 10.5 Å². The van der Waals surface area contributed by atoms with Crippen LogP contribution in [0.15, 0.2) is 42.6 Å². The summed E-state index contributed by atoms with van der Waals surface area (Å²) < 4.78 is 7.33. The third-order valence-electron chi connectivity index (χ3n) is 3.22. The Labute approximate surface area is 111 Å². The highest BCUT2D eigenvalue weighted by molar-refractivity contribution is 5.69. The molecule has 2 heterocycles. The number of fused-ring (bicyclic) bond motifs is 1. The standard InChI is InChI=1S/C15H15N3O/c1-10-13-5-3-4-8-18(13)15(17-10)11-6-7-12(16)14(9-11)19-2/h3-9H,16H2,1-2H3. The molecule has 1 aromatic carbocycles. The number of nitrogen functional groups attached to an aromatic ring is 1. The Hall–Kier alpha value is -2.49. The molecule has 0 aliphatic heterocycles. The zero-order valence-corrected chi connectivity index (χ0v) is 10.9. The fraction of sp³-hybridized carbons (Fsp3) is 0.133. The van der Waals surface area contributed by atoms with Gasteiger partial charge in [-0.05, 0) is 37.3 Å². The van der Waals surface area contributed by atoms with Gasteiger partial charge in [0.2, 0.25) is 0 Å². The molecule has 0 saturated carbocycles. The second kappa shape index (κ2) is 4.31. The van der Waals surface area contributed by atoms with Crippen molar-refractivity contribution in [1.82, 2.24) is 9.38 Å². The molecule has 4 nitrogen and oxygen atoms in total. The van der Waals surface area contributed by atoms with Crippen molar-refractivity contribution in [3.63, 3.8) is 0 Å². The zero-order valence-electron chi connectivity index (χ0n) is 10.9. The number of rotatable bonds is 2. The molecule has 0 atom stereocenters. The van der Waals surface area contributed by atoms with E-state index in [1.807, 2.05) is 43.5 Å². The third kappa shape index (κ3) is 1.81. The van der Waals surface area contributed by atoms with Crippen LogP contribution in [0.25, 0.3) is 16.9 Å². The Kier molecular flexibility index (Phi) is 2.63. The van der Waals surface area contributed by atoms with Crippen LogP contribution in [0.4, 0.5) is 5.69 Å². The summed E-state index contributed by atoms with van der Waals surface area (Å²) in [4.78, 5) is 4.63. The number of imidazole rings is 1. The van der Waals surface area contributed by atoms with Crippen LogP contribution in [-0.2, 0) is 0 Å². The van der Waals surface area contributed by atoms with Crippen LogP contribution in [0.2, 0.25) is 0 Å². The molecule has 0 amide bonds. The van der Waals surface area contributed by atoms with E-state index >= 15 is 0 Å². The lowest BCUT2D eigenvalue weighted by Gasteiger charge is -2.07. The van der Waals surface area contributed by atoms with Crippen molar-refractivity contribution in [1.29, 1.82) is 0 Å². The molecule has 96 valence electrons. The van der Waals surface area contributed by atoms with Crippen molar-refractivity contribution in [2.24, 2.45) is 0 Å². The highest BCUT2D eigenvalue weighted by atomic mass is 16.5. The molecule has 0 spiro atoms. The minimum absolute atomic E-state index is 0.629. The highest BCUT2D eigenvalue weighted by Gasteiger charge is 2.11. The quantitative estimate of drug-likeness (QED) is 0.714.